The zero-order valence-electron chi connectivity index (χ0n) is 22.7. The highest BCUT2D eigenvalue weighted by Gasteiger charge is 2.41. The van der Waals surface area contributed by atoms with E-state index in [1.54, 1.807) is 20.8 Å². The maximum atomic E-state index is 13.4. The average Bonchev–Trinajstić information content (AvgIpc) is 3.25. The minimum atomic E-state index is -1.24. The third kappa shape index (κ3) is 6.71. The number of ether oxygens (including phenoxy) is 1. The second-order valence-corrected chi connectivity index (χ2v) is 11.5. The van der Waals surface area contributed by atoms with Crippen molar-refractivity contribution < 1.29 is 28.8 Å². The molecule has 1 aliphatic heterocycles. The van der Waals surface area contributed by atoms with E-state index < -0.39 is 40.3 Å². The first-order chi connectivity index (χ1) is 19.1. The monoisotopic (exact) mass is 560 g/mol. The smallest absolute Gasteiger partial charge is 0.408 e. The van der Waals surface area contributed by atoms with Crippen LogP contribution in [0.15, 0.2) is 91.0 Å². The highest BCUT2D eigenvalue weighted by Crippen LogP contribution is 2.48. The average molecular weight is 561 g/mol. The van der Waals surface area contributed by atoms with E-state index in [1.165, 1.54) is 11.8 Å². The molecule has 3 amide bonds. The van der Waals surface area contributed by atoms with Crippen LogP contribution in [-0.2, 0) is 28.7 Å². The number of hydroxylamine groups is 2. The predicted molar refractivity (Wildman–Crippen MR) is 152 cm³/mol. The molecular formula is C31H32N2O6S. The molecule has 8 nitrogen and oxygen atoms in total. The number of thioether (sulfide) groups is 1. The van der Waals surface area contributed by atoms with E-state index in [1.807, 2.05) is 91.0 Å². The number of hydrogen-bond acceptors (Lipinski definition) is 7. The molecule has 1 aliphatic rings. The topological polar surface area (TPSA) is 102 Å². The Bertz CT molecular complexity index is 1230. The number of carbonyl (C=O) groups excluding carboxylic acids is 4. The lowest BCUT2D eigenvalue weighted by Gasteiger charge is -2.36. The molecule has 9 heteroatoms. The Morgan fingerprint density at radius 3 is 1.62 bits per heavy atom. The van der Waals surface area contributed by atoms with E-state index in [4.69, 9.17) is 9.57 Å². The van der Waals surface area contributed by atoms with Gasteiger partial charge in [0, 0.05) is 18.6 Å². The van der Waals surface area contributed by atoms with Crippen molar-refractivity contribution in [2.24, 2.45) is 0 Å². The Hall–Kier alpha value is -4.11. The zero-order chi connectivity index (χ0) is 28.8. The Kier molecular flexibility index (Phi) is 8.94. The van der Waals surface area contributed by atoms with Gasteiger partial charge in [0.1, 0.15) is 11.6 Å². The summed E-state index contributed by atoms with van der Waals surface area (Å²) in [6, 6.07) is 28.4. The number of nitrogens with zero attached hydrogens (tertiary/aromatic N) is 1. The predicted octanol–water partition coefficient (Wildman–Crippen LogP) is 5.21. The molecule has 3 aromatic rings. The third-order valence-electron chi connectivity index (χ3n) is 6.17. The quantitative estimate of drug-likeness (QED) is 0.283. The minimum absolute atomic E-state index is 0.0347. The molecule has 0 radical (unpaired) electrons. The number of nitrogens with one attached hydrogen (secondary N) is 1. The van der Waals surface area contributed by atoms with Crippen molar-refractivity contribution in [1.29, 1.82) is 0 Å². The normalized spacial score (nSPS) is 14.5. The zero-order valence-corrected chi connectivity index (χ0v) is 23.5. The Morgan fingerprint density at radius 2 is 1.23 bits per heavy atom. The van der Waals surface area contributed by atoms with Crippen molar-refractivity contribution >= 4 is 35.6 Å². The molecule has 1 unspecified atom stereocenters. The van der Waals surface area contributed by atoms with Crippen LogP contribution in [-0.4, -0.2) is 46.3 Å². The summed E-state index contributed by atoms with van der Waals surface area (Å²) in [5, 5.41) is 3.08. The summed E-state index contributed by atoms with van der Waals surface area (Å²) >= 11 is 1.42. The molecule has 1 saturated heterocycles. The number of imide groups is 1. The van der Waals surface area contributed by atoms with Gasteiger partial charge < -0.3 is 14.9 Å². The van der Waals surface area contributed by atoms with Gasteiger partial charge in [-0.05, 0) is 37.5 Å². The van der Waals surface area contributed by atoms with E-state index in [0.717, 1.165) is 16.7 Å². The van der Waals surface area contributed by atoms with Gasteiger partial charge in [-0.15, -0.1) is 16.8 Å². The number of rotatable bonds is 9. The highest BCUT2D eigenvalue weighted by atomic mass is 32.2. The van der Waals surface area contributed by atoms with Gasteiger partial charge in [-0.1, -0.05) is 91.0 Å². The molecule has 0 spiro atoms. The van der Waals surface area contributed by atoms with Gasteiger partial charge in [0.2, 0.25) is 0 Å². The van der Waals surface area contributed by atoms with Crippen molar-refractivity contribution in [1.82, 2.24) is 10.4 Å². The maximum absolute atomic E-state index is 13.4. The van der Waals surface area contributed by atoms with Gasteiger partial charge in [-0.25, -0.2) is 9.59 Å². The second-order valence-electron chi connectivity index (χ2n) is 10.3. The Labute approximate surface area is 238 Å². The third-order valence-corrected chi connectivity index (χ3v) is 7.81. The van der Waals surface area contributed by atoms with Gasteiger partial charge in [0.25, 0.3) is 11.8 Å². The molecule has 40 heavy (non-hydrogen) atoms. The molecule has 3 aromatic carbocycles. The van der Waals surface area contributed by atoms with E-state index >= 15 is 0 Å². The lowest BCUT2D eigenvalue weighted by molar-refractivity contribution is -0.198. The molecule has 0 saturated carbocycles. The molecule has 1 fully saturated rings. The van der Waals surface area contributed by atoms with Gasteiger partial charge in [-0.3, -0.25) is 9.59 Å². The van der Waals surface area contributed by atoms with Crippen LogP contribution in [0.4, 0.5) is 4.79 Å². The van der Waals surface area contributed by atoms with E-state index in [0.29, 0.717) is 5.06 Å². The van der Waals surface area contributed by atoms with Crippen molar-refractivity contribution in [3.8, 4) is 0 Å². The molecule has 1 N–H and O–H groups in total. The first-order valence-corrected chi connectivity index (χ1v) is 14.0. The van der Waals surface area contributed by atoms with E-state index in [2.05, 4.69) is 5.32 Å². The molecule has 208 valence electrons. The van der Waals surface area contributed by atoms with Gasteiger partial charge in [0.05, 0.1) is 4.75 Å². The SMILES string of the molecule is CC(C)(C)OC(=O)NC(CSC(c1ccccc1)(c1ccccc1)c1ccccc1)C(=O)ON1C(=O)CCC1=O. The standard InChI is InChI=1S/C31H32N2O6S/c1-30(2,3)38-29(37)32-25(28(36)39-33-26(34)19-20-27(33)35)21-40-31(22-13-7-4-8-14-22,23-15-9-5-10-16-23)24-17-11-6-12-18-24/h4-18,25H,19-21H2,1-3H3,(H,32,37). The molecule has 0 aromatic heterocycles. The molecule has 4 rings (SSSR count). The van der Waals surface area contributed by atoms with Crippen LogP contribution in [0.25, 0.3) is 0 Å². The van der Waals surface area contributed by atoms with Gasteiger partial charge >= 0.3 is 12.1 Å². The molecular weight excluding hydrogens is 528 g/mol. The summed E-state index contributed by atoms with van der Waals surface area (Å²) < 4.78 is 4.62. The van der Waals surface area contributed by atoms with E-state index in [-0.39, 0.29) is 18.6 Å². The minimum Gasteiger partial charge on any atom is -0.444 e. The largest absolute Gasteiger partial charge is 0.444 e. The van der Waals surface area contributed by atoms with Gasteiger partial charge in [0.15, 0.2) is 0 Å². The lowest BCUT2D eigenvalue weighted by Crippen LogP contribution is -2.48. The highest BCUT2D eigenvalue weighted by molar-refractivity contribution is 8.00. The van der Waals surface area contributed by atoms with Crippen molar-refractivity contribution in [3.05, 3.63) is 108 Å². The van der Waals surface area contributed by atoms with Crippen LogP contribution in [0.3, 0.4) is 0 Å². The first-order valence-electron chi connectivity index (χ1n) is 13.0. The van der Waals surface area contributed by atoms with Crippen LogP contribution in [0.5, 0.6) is 0 Å². The molecule has 0 bridgehead atoms. The summed E-state index contributed by atoms with van der Waals surface area (Å²) in [6.07, 6.45) is -0.896. The number of carbonyl (C=O) groups is 4. The first kappa shape index (κ1) is 28.9. The van der Waals surface area contributed by atoms with Crippen molar-refractivity contribution in [2.75, 3.05) is 5.75 Å². The van der Waals surface area contributed by atoms with Crippen molar-refractivity contribution in [3.63, 3.8) is 0 Å². The fraction of sp³-hybridized carbons (Fsp3) is 0.290. The van der Waals surface area contributed by atoms with Crippen LogP contribution in [0.2, 0.25) is 0 Å². The van der Waals surface area contributed by atoms with Crippen LogP contribution in [0, 0.1) is 0 Å². The molecule has 1 heterocycles. The number of benzene rings is 3. The summed E-state index contributed by atoms with van der Waals surface area (Å²) in [6.45, 7) is 5.13. The fourth-order valence-corrected chi connectivity index (χ4v) is 5.95. The van der Waals surface area contributed by atoms with Gasteiger partial charge in [-0.2, -0.15) is 0 Å². The Morgan fingerprint density at radius 1 is 0.800 bits per heavy atom. The maximum Gasteiger partial charge on any atom is 0.408 e. The summed E-state index contributed by atoms with van der Waals surface area (Å²) in [5.41, 5.74) is 2.08. The molecule has 0 aliphatic carbocycles. The van der Waals surface area contributed by atoms with E-state index in [9.17, 15) is 19.2 Å². The van der Waals surface area contributed by atoms with Crippen LogP contribution < -0.4 is 5.32 Å². The number of hydrogen-bond donors (Lipinski definition) is 1. The fourth-order valence-electron chi connectivity index (χ4n) is 4.41. The summed E-state index contributed by atoms with van der Waals surface area (Å²) in [4.78, 5) is 55.6. The number of alkyl carbamates (subject to hydrolysis) is 1. The van der Waals surface area contributed by atoms with Crippen molar-refractivity contribution in [2.45, 2.75) is 50.0 Å². The van der Waals surface area contributed by atoms with Crippen LogP contribution >= 0.6 is 11.8 Å². The van der Waals surface area contributed by atoms with Crippen LogP contribution in [0.1, 0.15) is 50.3 Å². The Balaban J connectivity index is 1.73. The number of amides is 3. The molecule has 1 atom stereocenters. The summed E-state index contributed by atoms with van der Waals surface area (Å²) in [7, 11) is 0. The second kappa shape index (κ2) is 12.4. The lowest BCUT2D eigenvalue weighted by atomic mass is 9.84. The summed E-state index contributed by atoms with van der Waals surface area (Å²) in [5.74, 6) is -2.11.